The van der Waals surface area contributed by atoms with Gasteiger partial charge < -0.3 is 8.92 Å². The fourth-order valence-electron chi connectivity index (χ4n) is 3.65. The first-order chi connectivity index (χ1) is 19.8. The van der Waals surface area contributed by atoms with E-state index in [-0.39, 0.29) is 23.3 Å². The lowest BCUT2D eigenvalue weighted by molar-refractivity contribution is -0.142. The summed E-state index contributed by atoms with van der Waals surface area (Å²) in [6.45, 7) is -0.380. The number of hydrogen-bond acceptors (Lipinski definition) is 8. The summed E-state index contributed by atoms with van der Waals surface area (Å²) < 4.78 is 44.0. The first-order valence-electron chi connectivity index (χ1n) is 12.6. The molecule has 0 N–H and O–H groups in total. The highest BCUT2D eigenvalue weighted by molar-refractivity contribution is 8.14. The summed E-state index contributed by atoms with van der Waals surface area (Å²) in [5, 5.41) is -0.672. The number of thioether (sulfide) groups is 2. The Balaban J connectivity index is 1.53. The van der Waals surface area contributed by atoms with Gasteiger partial charge in [0.2, 0.25) is 8.91 Å². The van der Waals surface area contributed by atoms with Crippen molar-refractivity contribution < 1.29 is 31.3 Å². The van der Waals surface area contributed by atoms with Crippen molar-refractivity contribution in [1.29, 1.82) is 0 Å². The molecule has 3 aromatic rings. The Kier molecular flexibility index (Phi) is 13.3. The molecule has 3 rings (SSSR count). The Bertz CT molecular complexity index is 1430. The van der Waals surface area contributed by atoms with Crippen molar-refractivity contribution in [3.05, 3.63) is 101 Å². The molecule has 1 unspecified atom stereocenters. The summed E-state index contributed by atoms with van der Waals surface area (Å²) in [6.07, 6.45) is 2.56. The van der Waals surface area contributed by atoms with E-state index in [2.05, 4.69) is 0 Å². The second-order valence-electron chi connectivity index (χ2n) is 9.18. The van der Waals surface area contributed by atoms with Gasteiger partial charge in [-0.1, -0.05) is 95.1 Å². The lowest BCUT2D eigenvalue weighted by atomic mass is 10.1. The van der Waals surface area contributed by atoms with Gasteiger partial charge in [0.25, 0.3) is 0 Å². The number of ether oxygens (including phenoxy) is 1. The van der Waals surface area contributed by atoms with Crippen molar-refractivity contribution in [2.75, 3.05) is 24.4 Å². The van der Waals surface area contributed by atoms with E-state index in [1.54, 1.807) is 60.7 Å². The molecule has 1 atom stereocenters. The van der Waals surface area contributed by atoms with Crippen LogP contribution in [0.5, 0.6) is 5.75 Å². The second-order valence-corrected chi connectivity index (χ2v) is 15.6. The minimum atomic E-state index is -3.59. The van der Waals surface area contributed by atoms with Crippen LogP contribution in [0.3, 0.4) is 0 Å². The molecular formula is C29H28Cl3FO6S3. The summed E-state index contributed by atoms with van der Waals surface area (Å²) in [4.78, 5) is 25.5. The van der Waals surface area contributed by atoms with Crippen LogP contribution in [-0.4, -0.2) is 52.9 Å². The monoisotopic (exact) mass is 692 g/mol. The SMILES string of the molecule is CS(=O)(=O)Oc1ccc(CCSC(=O)c2ccc(CC(SCCc3ccc(F)cc3)C(=O)OCC(Cl)(Cl)Cl)cc2)cc1. The normalized spacial score (nSPS) is 12.5. The number of carbonyl (C=O) groups excluding carboxylic acids is 2. The Morgan fingerprint density at radius 1 is 0.857 bits per heavy atom. The average molecular weight is 694 g/mol. The highest BCUT2D eigenvalue weighted by atomic mass is 35.6. The highest BCUT2D eigenvalue weighted by Crippen LogP contribution is 2.28. The molecule has 0 heterocycles. The van der Waals surface area contributed by atoms with Gasteiger partial charge in [0.15, 0.2) is 0 Å². The predicted octanol–water partition coefficient (Wildman–Crippen LogP) is 7.08. The minimum absolute atomic E-state index is 0.0918. The van der Waals surface area contributed by atoms with Gasteiger partial charge in [0, 0.05) is 11.3 Å². The zero-order valence-corrected chi connectivity index (χ0v) is 27.2. The topological polar surface area (TPSA) is 86.7 Å². The van der Waals surface area contributed by atoms with E-state index >= 15 is 0 Å². The van der Waals surface area contributed by atoms with Gasteiger partial charge in [-0.3, -0.25) is 9.59 Å². The summed E-state index contributed by atoms with van der Waals surface area (Å²) in [5.74, 6) is 0.525. The molecule has 3 aromatic carbocycles. The van der Waals surface area contributed by atoms with E-state index < -0.39 is 25.1 Å². The van der Waals surface area contributed by atoms with Crippen molar-refractivity contribution >= 4 is 79.5 Å². The summed E-state index contributed by atoms with van der Waals surface area (Å²) in [6, 6.07) is 19.9. The number of benzene rings is 3. The summed E-state index contributed by atoms with van der Waals surface area (Å²) in [7, 11) is -3.59. The van der Waals surface area contributed by atoms with Crippen LogP contribution in [0.2, 0.25) is 0 Å². The first kappa shape index (κ1) is 34.5. The zero-order chi connectivity index (χ0) is 30.8. The molecule has 0 fully saturated rings. The predicted molar refractivity (Wildman–Crippen MR) is 170 cm³/mol. The van der Waals surface area contributed by atoms with Gasteiger partial charge >= 0.3 is 16.1 Å². The van der Waals surface area contributed by atoms with Crippen LogP contribution in [0.25, 0.3) is 0 Å². The lowest BCUT2D eigenvalue weighted by Crippen LogP contribution is -2.27. The Hall–Kier alpha value is -1.95. The third-order valence-electron chi connectivity index (χ3n) is 5.67. The second kappa shape index (κ2) is 16.2. The van der Waals surface area contributed by atoms with E-state index in [0.29, 0.717) is 36.3 Å². The number of halogens is 4. The maximum atomic E-state index is 13.2. The molecule has 0 saturated carbocycles. The van der Waals surface area contributed by atoms with E-state index in [0.717, 1.165) is 22.9 Å². The molecule has 13 heteroatoms. The average Bonchev–Trinajstić information content (AvgIpc) is 2.92. The maximum Gasteiger partial charge on any atom is 0.319 e. The Labute approximate surface area is 268 Å². The number of esters is 1. The van der Waals surface area contributed by atoms with Crippen LogP contribution in [0, 0.1) is 5.82 Å². The fourth-order valence-corrected chi connectivity index (χ4v) is 6.25. The van der Waals surface area contributed by atoms with Gasteiger partial charge in [-0.15, -0.1) is 11.8 Å². The van der Waals surface area contributed by atoms with Crippen LogP contribution < -0.4 is 4.18 Å². The molecule has 42 heavy (non-hydrogen) atoms. The van der Waals surface area contributed by atoms with Gasteiger partial charge in [0.1, 0.15) is 23.4 Å². The highest BCUT2D eigenvalue weighted by Gasteiger charge is 2.27. The molecule has 226 valence electrons. The fraction of sp³-hybridized carbons (Fsp3) is 0.310. The van der Waals surface area contributed by atoms with E-state index in [1.165, 1.54) is 35.7 Å². The Morgan fingerprint density at radius 2 is 1.40 bits per heavy atom. The number of aryl methyl sites for hydroxylation is 2. The molecule has 0 aliphatic heterocycles. The minimum Gasteiger partial charge on any atom is -0.460 e. The quantitative estimate of drug-likeness (QED) is 0.101. The van der Waals surface area contributed by atoms with Crippen LogP contribution in [0.15, 0.2) is 72.8 Å². The van der Waals surface area contributed by atoms with Crippen LogP contribution in [-0.2, 0) is 38.9 Å². The summed E-state index contributed by atoms with van der Waals surface area (Å²) >= 11 is 19.8. The van der Waals surface area contributed by atoms with Crippen molar-refractivity contribution in [3.8, 4) is 5.75 Å². The van der Waals surface area contributed by atoms with Gasteiger partial charge in [-0.05, 0) is 66.0 Å². The molecular weight excluding hydrogens is 666 g/mol. The first-order valence-corrected chi connectivity index (χ1v) is 17.6. The molecule has 0 radical (unpaired) electrons. The van der Waals surface area contributed by atoms with Crippen LogP contribution >= 0.6 is 58.3 Å². The lowest BCUT2D eigenvalue weighted by Gasteiger charge is -2.18. The third-order valence-corrected chi connectivity index (χ3v) is 8.60. The number of rotatable bonds is 14. The molecule has 0 amide bonds. The van der Waals surface area contributed by atoms with Crippen molar-refractivity contribution in [2.45, 2.75) is 28.3 Å². The number of alkyl halides is 3. The Morgan fingerprint density at radius 3 is 1.98 bits per heavy atom. The largest absolute Gasteiger partial charge is 0.460 e. The van der Waals surface area contributed by atoms with E-state index in [9.17, 15) is 22.4 Å². The molecule has 0 aliphatic carbocycles. The molecule has 0 aliphatic rings. The zero-order valence-electron chi connectivity index (χ0n) is 22.4. The maximum absolute atomic E-state index is 13.2. The van der Waals surface area contributed by atoms with Gasteiger partial charge in [-0.25, -0.2) is 4.39 Å². The van der Waals surface area contributed by atoms with Crippen molar-refractivity contribution in [3.63, 3.8) is 0 Å². The molecule has 0 bridgehead atoms. The molecule has 0 spiro atoms. The van der Waals surface area contributed by atoms with Gasteiger partial charge in [-0.2, -0.15) is 8.42 Å². The van der Waals surface area contributed by atoms with Gasteiger partial charge in [0.05, 0.1) is 6.26 Å². The molecule has 6 nitrogen and oxygen atoms in total. The number of carbonyl (C=O) groups is 2. The molecule has 0 saturated heterocycles. The van der Waals surface area contributed by atoms with Crippen LogP contribution in [0.1, 0.15) is 27.0 Å². The smallest absolute Gasteiger partial charge is 0.319 e. The van der Waals surface area contributed by atoms with Crippen LogP contribution in [0.4, 0.5) is 4.39 Å². The summed E-state index contributed by atoms with van der Waals surface area (Å²) in [5.41, 5.74) is 3.24. The standard InChI is InChI=1S/C29H28Cl3FO6S3/c1-42(36,37)39-25-12-6-21(7-13-25)15-17-41-28(35)23-8-2-22(3-9-23)18-26(27(34)38-19-29(30,31)32)40-16-14-20-4-10-24(33)11-5-20/h2-13,26H,14-19H2,1H3. The molecule has 0 aromatic heterocycles. The van der Waals surface area contributed by atoms with Crippen molar-refractivity contribution in [1.82, 2.24) is 0 Å². The van der Waals surface area contributed by atoms with Crippen molar-refractivity contribution in [2.24, 2.45) is 0 Å². The van der Waals surface area contributed by atoms with E-state index in [4.69, 9.17) is 43.7 Å². The van der Waals surface area contributed by atoms with E-state index in [1.807, 2.05) is 0 Å². The number of hydrogen-bond donors (Lipinski definition) is 0. The third kappa shape index (κ3) is 13.1.